The Labute approximate surface area is 101 Å². The summed E-state index contributed by atoms with van der Waals surface area (Å²) in [5, 5.41) is 18.0. The zero-order valence-electron chi connectivity index (χ0n) is 8.63. The SMILES string of the molecule is N#CCn1nnc2c(Cl)c3ncccc3cc21. The van der Waals surface area contributed by atoms with E-state index in [4.69, 9.17) is 16.9 Å². The van der Waals surface area contributed by atoms with Crippen molar-refractivity contribution < 1.29 is 0 Å². The molecule has 0 aliphatic carbocycles. The molecule has 0 N–H and O–H groups in total. The van der Waals surface area contributed by atoms with Crippen LogP contribution in [-0.4, -0.2) is 20.0 Å². The Balaban J connectivity index is 2.45. The molecular formula is C11H6ClN5. The number of benzene rings is 1. The van der Waals surface area contributed by atoms with Crippen molar-refractivity contribution in [2.24, 2.45) is 0 Å². The van der Waals surface area contributed by atoms with Crippen LogP contribution < -0.4 is 0 Å². The third kappa shape index (κ3) is 1.42. The summed E-state index contributed by atoms with van der Waals surface area (Å²) in [6.07, 6.45) is 1.68. The molecule has 6 heteroatoms. The van der Waals surface area contributed by atoms with E-state index in [0.29, 0.717) is 16.1 Å². The fourth-order valence-electron chi connectivity index (χ4n) is 1.78. The number of nitriles is 1. The van der Waals surface area contributed by atoms with Gasteiger partial charge in [-0.2, -0.15) is 5.26 Å². The Kier molecular flexibility index (Phi) is 2.16. The van der Waals surface area contributed by atoms with Gasteiger partial charge < -0.3 is 0 Å². The second-order valence-corrected chi connectivity index (χ2v) is 3.92. The van der Waals surface area contributed by atoms with E-state index < -0.39 is 0 Å². The van der Waals surface area contributed by atoms with Gasteiger partial charge in [-0.05, 0) is 12.1 Å². The van der Waals surface area contributed by atoms with Crippen LogP contribution in [0.25, 0.3) is 21.9 Å². The monoisotopic (exact) mass is 243 g/mol. The highest BCUT2D eigenvalue weighted by Crippen LogP contribution is 2.29. The summed E-state index contributed by atoms with van der Waals surface area (Å²) >= 11 is 6.23. The normalized spacial score (nSPS) is 10.8. The molecule has 0 fully saturated rings. The van der Waals surface area contributed by atoms with Crippen LogP contribution >= 0.6 is 11.6 Å². The van der Waals surface area contributed by atoms with Gasteiger partial charge in [0.15, 0.2) is 0 Å². The standard InChI is InChI=1S/C11H6ClN5/c12-9-10-7(2-1-4-14-10)6-8-11(9)15-16-17(8)5-3-13/h1-2,4,6H,5H2. The largest absolute Gasteiger partial charge is 0.255 e. The molecule has 82 valence electrons. The van der Waals surface area contributed by atoms with Gasteiger partial charge in [0, 0.05) is 11.6 Å². The van der Waals surface area contributed by atoms with Crippen molar-refractivity contribution in [2.45, 2.75) is 6.54 Å². The van der Waals surface area contributed by atoms with Gasteiger partial charge in [-0.15, -0.1) is 5.10 Å². The molecule has 5 nitrogen and oxygen atoms in total. The number of hydrogen-bond donors (Lipinski definition) is 0. The third-order valence-corrected chi connectivity index (χ3v) is 2.90. The molecule has 2 heterocycles. The van der Waals surface area contributed by atoms with E-state index in [2.05, 4.69) is 15.3 Å². The third-order valence-electron chi connectivity index (χ3n) is 2.54. The second-order valence-electron chi connectivity index (χ2n) is 3.54. The summed E-state index contributed by atoms with van der Waals surface area (Å²) in [5.74, 6) is 0. The predicted octanol–water partition coefficient (Wildman–Crippen LogP) is 2.16. The molecule has 0 aliphatic heterocycles. The van der Waals surface area contributed by atoms with Crippen LogP contribution in [0.4, 0.5) is 0 Å². The molecule has 0 aliphatic rings. The molecule has 3 aromatic rings. The number of hydrogen-bond acceptors (Lipinski definition) is 4. The first-order valence-corrected chi connectivity index (χ1v) is 5.32. The maximum atomic E-state index is 8.70. The molecule has 1 aromatic carbocycles. The van der Waals surface area contributed by atoms with Crippen LogP contribution in [0.3, 0.4) is 0 Å². The van der Waals surface area contributed by atoms with Gasteiger partial charge in [-0.3, -0.25) is 4.98 Å². The molecule has 3 rings (SSSR count). The Hall–Kier alpha value is -2.19. The number of pyridine rings is 1. The summed E-state index contributed by atoms with van der Waals surface area (Å²) in [6, 6.07) is 7.67. The summed E-state index contributed by atoms with van der Waals surface area (Å²) in [5.41, 5.74) is 2.02. The van der Waals surface area contributed by atoms with Gasteiger partial charge in [-0.25, -0.2) is 4.68 Å². The van der Waals surface area contributed by atoms with E-state index in [-0.39, 0.29) is 6.54 Å². The molecular weight excluding hydrogens is 238 g/mol. The first kappa shape index (κ1) is 10.00. The van der Waals surface area contributed by atoms with Crippen LogP contribution in [0, 0.1) is 11.3 Å². The van der Waals surface area contributed by atoms with Crippen molar-refractivity contribution in [2.75, 3.05) is 0 Å². The van der Waals surface area contributed by atoms with Gasteiger partial charge >= 0.3 is 0 Å². The van der Waals surface area contributed by atoms with E-state index >= 15 is 0 Å². The minimum atomic E-state index is 0.151. The summed E-state index contributed by atoms with van der Waals surface area (Å²) < 4.78 is 1.52. The Morgan fingerprint density at radius 2 is 2.29 bits per heavy atom. The van der Waals surface area contributed by atoms with Crippen molar-refractivity contribution >= 4 is 33.5 Å². The van der Waals surface area contributed by atoms with E-state index in [9.17, 15) is 0 Å². The van der Waals surface area contributed by atoms with Gasteiger partial charge in [0.25, 0.3) is 0 Å². The van der Waals surface area contributed by atoms with Crippen molar-refractivity contribution in [1.29, 1.82) is 5.26 Å². The lowest BCUT2D eigenvalue weighted by Crippen LogP contribution is -1.97. The average molecular weight is 244 g/mol. The van der Waals surface area contributed by atoms with E-state index in [1.165, 1.54) is 4.68 Å². The van der Waals surface area contributed by atoms with Crippen LogP contribution in [-0.2, 0) is 6.54 Å². The van der Waals surface area contributed by atoms with Gasteiger partial charge in [-0.1, -0.05) is 22.9 Å². The lowest BCUT2D eigenvalue weighted by molar-refractivity contribution is 0.689. The quantitative estimate of drug-likeness (QED) is 0.657. The number of aromatic nitrogens is 4. The fraction of sp³-hybridized carbons (Fsp3) is 0.0909. The molecule has 0 bridgehead atoms. The van der Waals surface area contributed by atoms with Crippen LogP contribution in [0.2, 0.25) is 5.02 Å². The fourth-order valence-corrected chi connectivity index (χ4v) is 2.07. The van der Waals surface area contributed by atoms with Crippen LogP contribution in [0.1, 0.15) is 0 Å². The maximum absolute atomic E-state index is 8.70. The molecule has 0 amide bonds. The molecule has 0 spiro atoms. The Morgan fingerprint density at radius 3 is 3.12 bits per heavy atom. The smallest absolute Gasteiger partial charge is 0.134 e. The van der Waals surface area contributed by atoms with E-state index in [1.807, 2.05) is 24.3 Å². The number of fused-ring (bicyclic) bond motifs is 2. The number of nitrogens with zero attached hydrogens (tertiary/aromatic N) is 5. The molecule has 2 aromatic heterocycles. The summed E-state index contributed by atoms with van der Waals surface area (Å²) in [4.78, 5) is 4.21. The van der Waals surface area contributed by atoms with Crippen molar-refractivity contribution in [3.63, 3.8) is 0 Å². The topological polar surface area (TPSA) is 67.4 Å². The van der Waals surface area contributed by atoms with Gasteiger partial charge in [0.05, 0.1) is 22.1 Å². The first-order valence-electron chi connectivity index (χ1n) is 4.94. The lowest BCUT2D eigenvalue weighted by Gasteiger charge is -2.01. The highest BCUT2D eigenvalue weighted by Gasteiger charge is 2.12. The number of halogens is 1. The molecule has 0 unspecified atom stereocenters. The minimum Gasteiger partial charge on any atom is -0.255 e. The van der Waals surface area contributed by atoms with Crippen molar-refractivity contribution in [3.8, 4) is 6.07 Å². The van der Waals surface area contributed by atoms with E-state index in [1.54, 1.807) is 6.20 Å². The van der Waals surface area contributed by atoms with Crippen molar-refractivity contribution in [3.05, 3.63) is 29.4 Å². The molecule has 17 heavy (non-hydrogen) atoms. The Morgan fingerprint density at radius 1 is 1.41 bits per heavy atom. The zero-order valence-corrected chi connectivity index (χ0v) is 9.39. The number of rotatable bonds is 1. The van der Waals surface area contributed by atoms with Crippen LogP contribution in [0.15, 0.2) is 24.4 Å². The van der Waals surface area contributed by atoms with Crippen LogP contribution in [0.5, 0.6) is 0 Å². The lowest BCUT2D eigenvalue weighted by atomic mass is 10.2. The van der Waals surface area contributed by atoms with Gasteiger partial charge in [0.1, 0.15) is 12.1 Å². The summed E-state index contributed by atoms with van der Waals surface area (Å²) in [6.45, 7) is 0.151. The average Bonchev–Trinajstić information content (AvgIpc) is 2.74. The molecule has 0 radical (unpaired) electrons. The molecule has 0 atom stereocenters. The predicted molar refractivity (Wildman–Crippen MR) is 63.5 cm³/mol. The van der Waals surface area contributed by atoms with E-state index in [0.717, 1.165) is 10.9 Å². The first-order chi connectivity index (χ1) is 8.31. The van der Waals surface area contributed by atoms with Crippen molar-refractivity contribution in [1.82, 2.24) is 20.0 Å². The Bertz CT molecular complexity index is 755. The summed E-state index contributed by atoms with van der Waals surface area (Å²) in [7, 11) is 0. The molecule has 0 saturated heterocycles. The minimum absolute atomic E-state index is 0.151. The zero-order chi connectivity index (χ0) is 11.8. The maximum Gasteiger partial charge on any atom is 0.134 e. The highest BCUT2D eigenvalue weighted by atomic mass is 35.5. The van der Waals surface area contributed by atoms with Gasteiger partial charge in [0.2, 0.25) is 0 Å². The highest BCUT2D eigenvalue weighted by molar-refractivity contribution is 6.39. The second kappa shape index (κ2) is 3.68. The molecule has 0 saturated carbocycles.